The van der Waals surface area contributed by atoms with Crippen LogP contribution in [-0.2, 0) is 5.54 Å². The minimum absolute atomic E-state index is 0.141. The SMILES string of the molecule is Cc1ccc(C2(N)CCCC(C)C2C)cc1F. The average molecular weight is 235 g/mol. The molecule has 0 aromatic heterocycles. The van der Waals surface area contributed by atoms with Gasteiger partial charge in [0.25, 0.3) is 0 Å². The highest BCUT2D eigenvalue weighted by Crippen LogP contribution is 2.42. The van der Waals surface area contributed by atoms with E-state index in [0.717, 1.165) is 18.4 Å². The molecule has 17 heavy (non-hydrogen) atoms. The highest BCUT2D eigenvalue weighted by atomic mass is 19.1. The van der Waals surface area contributed by atoms with Crippen LogP contribution in [0.3, 0.4) is 0 Å². The predicted octanol–water partition coefficient (Wildman–Crippen LogP) is 3.74. The quantitative estimate of drug-likeness (QED) is 0.788. The fraction of sp³-hybridized carbons (Fsp3) is 0.600. The average Bonchev–Trinajstić information content (AvgIpc) is 2.29. The van der Waals surface area contributed by atoms with Gasteiger partial charge in [-0.3, -0.25) is 0 Å². The third-order valence-electron chi connectivity index (χ3n) is 4.63. The van der Waals surface area contributed by atoms with Crippen molar-refractivity contribution < 1.29 is 4.39 Å². The molecule has 0 saturated heterocycles. The van der Waals surface area contributed by atoms with Crippen molar-refractivity contribution in [2.24, 2.45) is 17.6 Å². The Morgan fingerprint density at radius 1 is 1.35 bits per heavy atom. The molecule has 2 rings (SSSR count). The second-order valence-corrected chi connectivity index (χ2v) is 5.66. The first-order valence-corrected chi connectivity index (χ1v) is 6.50. The normalized spacial score (nSPS) is 33.7. The lowest BCUT2D eigenvalue weighted by Gasteiger charge is -2.43. The van der Waals surface area contributed by atoms with E-state index in [9.17, 15) is 4.39 Å². The number of rotatable bonds is 1. The Bertz CT molecular complexity index is 415. The van der Waals surface area contributed by atoms with E-state index in [1.807, 2.05) is 12.1 Å². The number of hydrogen-bond donors (Lipinski definition) is 1. The first-order valence-electron chi connectivity index (χ1n) is 6.50. The van der Waals surface area contributed by atoms with Gasteiger partial charge in [-0.15, -0.1) is 0 Å². The summed E-state index contributed by atoms with van der Waals surface area (Å²) in [4.78, 5) is 0. The summed E-state index contributed by atoms with van der Waals surface area (Å²) < 4.78 is 13.7. The fourth-order valence-electron chi connectivity index (χ4n) is 2.99. The van der Waals surface area contributed by atoms with Crippen molar-refractivity contribution >= 4 is 0 Å². The first-order chi connectivity index (χ1) is 7.95. The monoisotopic (exact) mass is 235 g/mol. The number of aryl methyl sites for hydroxylation is 1. The zero-order valence-electron chi connectivity index (χ0n) is 11.0. The molecule has 1 saturated carbocycles. The van der Waals surface area contributed by atoms with E-state index < -0.39 is 0 Å². The summed E-state index contributed by atoms with van der Waals surface area (Å²) in [5, 5.41) is 0. The Balaban J connectivity index is 2.39. The van der Waals surface area contributed by atoms with Crippen LogP contribution in [0.15, 0.2) is 18.2 Å². The van der Waals surface area contributed by atoms with Gasteiger partial charge in [-0.2, -0.15) is 0 Å². The van der Waals surface area contributed by atoms with E-state index in [1.165, 1.54) is 6.42 Å². The van der Waals surface area contributed by atoms with E-state index in [-0.39, 0.29) is 11.4 Å². The summed E-state index contributed by atoms with van der Waals surface area (Å²) in [5.41, 5.74) is 7.86. The zero-order chi connectivity index (χ0) is 12.6. The summed E-state index contributed by atoms with van der Waals surface area (Å²) in [7, 11) is 0. The topological polar surface area (TPSA) is 26.0 Å². The van der Waals surface area contributed by atoms with Crippen molar-refractivity contribution in [3.8, 4) is 0 Å². The molecule has 0 aliphatic heterocycles. The molecule has 3 unspecified atom stereocenters. The lowest BCUT2D eigenvalue weighted by atomic mass is 9.66. The molecule has 0 spiro atoms. The molecule has 1 nitrogen and oxygen atoms in total. The van der Waals surface area contributed by atoms with Gasteiger partial charge in [0.2, 0.25) is 0 Å². The Kier molecular flexibility index (Phi) is 3.26. The van der Waals surface area contributed by atoms with Crippen LogP contribution in [0.2, 0.25) is 0 Å². The summed E-state index contributed by atoms with van der Waals surface area (Å²) in [6.07, 6.45) is 3.33. The van der Waals surface area contributed by atoms with Crippen molar-refractivity contribution in [3.63, 3.8) is 0 Å². The number of nitrogens with two attached hydrogens (primary N) is 1. The lowest BCUT2D eigenvalue weighted by molar-refractivity contribution is 0.143. The summed E-state index contributed by atoms with van der Waals surface area (Å²) in [5.74, 6) is 0.870. The van der Waals surface area contributed by atoms with Gasteiger partial charge >= 0.3 is 0 Å². The number of halogens is 1. The molecular formula is C15H22FN. The van der Waals surface area contributed by atoms with Gasteiger partial charge in [0.15, 0.2) is 0 Å². The first kappa shape index (κ1) is 12.6. The third-order valence-corrected chi connectivity index (χ3v) is 4.63. The van der Waals surface area contributed by atoms with Crippen LogP contribution >= 0.6 is 0 Å². The Labute approximate surface area is 103 Å². The molecule has 0 heterocycles. The van der Waals surface area contributed by atoms with Gasteiger partial charge in [-0.1, -0.05) is 38.8 Å². The third kappa shape index (κ3) is 2.11. The smallest absolute Gasteiger partial charge is 0.126 e. The molecule has 1 aromatic rings. The van der Waals surface area contributed by atoms with Crippen molar-refractivity contribution in [1.29, 1.82) is 0 Å². The van der Waals surface area contributed by atoms with Crippen LogP contribution in [0.4, 0.5) is 4.39 Å². The van der Waals surface area contributed by atoms with Crippen LogP contribution in [0.1, 0.15) is 44.2 Å². The molecule has 2 N–H and O–H groups in total. The molecule has 1 fully saturated rings. The van der Waals surface area contributed by atoms with Gasteiger partial charge in [0.05, 0.1) is 0 Å². The van der Waals surface area contributed by atoms with Gasteiger partial charge in [0, 0.05) is 5.54 Å². The van der Waals surface area contributed by atoms with Crippen LogP contribution in [0.25, 0.3) is 0 Å². The molecular weight excluding hydrogens is 213 g/mol. The van der Waals surface area contributed by atoms with E-state index in [1.54, 1.807) is 13.0 Å². The Hall–Kier alpha value is -0.890. The maximum absolute atomic E-state index is 13.7. The Morgan fingerprint density at radius 3 is 2.71 bits per heavy atom. The molecule has 94 valence electrons. The van der Waals surface area contributed by atoms with E-state index in [4.69, 9.17) is 5.73 Å². The summed E-state index contributed by atoms with van der Waals surface area (Å²) in [6.45, 7) is 6.23. The second-order valence-electron chi connectivity index (χ2n) is 5.66. The van der Waals surface area contributed by atoms with Gasteiger partial charge in [0.1, 0.15) is 5.82 Å². The molecule has 2 heteroatoms. The van der Waals surface area contributed by atoms with Crippen LogP contribution < -0.4 is 5.73 Å². The maximum Gasteiger partial charge on any atom is 0.126 e. The van der Waals surface area contributed by atoms with Crippen LogP contribution in [-0.4, -0.2) is 0 Å². The fourth-order valence-corrected chi connectivity index (χ4v) is 2.99. The molecule has 1 aromatic carbocycles. The van der Waals surface area contributed by atoms with Gasteiger partial charge in [-0.05, 0) is 42.4 Å². The predicted molar refractivity (Wildman–Crippen MR) is 69.2 cm³/mol. The van der Waals surface area contributed by atoms with Crippen LogP contribution in [0, 0.1) is 24.6 Å². The standard InChI is InChI=1S/C15H22FN/c1-10-5-4-8-15(17,12(10)3)13-7-6-11(2)14(16)9-13/h6-7,9-10,12H,4-5,8,17H2,1-3H3. The Morgan fingerprint density at radius 2 is 2.06 bits per heavy atom. The van der Waals surface area contributed by atoms with Crippen molar-refractivity contribution in [2.75, 3.05) is 0 Å². The van der Waals surface area contributed by atoms with Crippen molar-refractivity contribution in [3.05, 3.63) is 35.1 Å². The molecule has 1 aliphatic rings. The molecule has 1 aliphatic carbocycles. The molecule has 0 bridgehead atoms. The zero-order valence-corrected chi connectivity index (χ0v) is 11.0. The molecule has 0 radical (unpaired) electrons. The minimum atomic E-state index is -0.355. The lowest BCUT2D eigenvalue weighted by Crippen LogP contribution is -2.48. The summed E-state index contributed by atoms with van der Waals surface area (Å²) >= 11 is 0. The van der Waals surface area contributed by atoms with Gasteiger partial charge in [-0.25, -0.2) is 4.39 Å². The van der Waals surface area contributed by atoms with Gasteiger partial charge < -0.3 is 5.73 Å². The molecule has 0 amide bonds. The largest absolute Gasteiger partial charge is 0.321 e. The van der Waals surface area contributed by atoms with Crippen molar-refractivity contribution in [2.45, 2.75) is 45.6 Å². The highest BCUT2D eigenvalue weighted by Gasteiger charge is 2.39. The number of benzene rings is 1. The highest BCUT2D eigenvalue weighted by molar-refractivity contribution is 5.30. The van der Waals surface area contributed by atoms with E-state index >= 15 is 0 Å². The van der Waals surface area contributed by atoms with Crippen molar-refractivity contribution in [1.82, 2.24) is 0 Å². The number of hydrogen-bond acceptors (Lipinski definition) is 1. The maximum atomic E-state index is 13.7. The van der Waals surface area contributed by atoms with E-state index in [0.29, 0.717) is 17.4 Å². The second kappa shape index (κ2) is 4.41. The van der Waals surface area contributed by atoms with E-state index in [2.05, 4.69) is 13.8 Å². The van der Waals surface area contributed by atoms with Crippen LogP contribution in [0.5, 0.6) is 0 Å². The minimum Gasteiger partial charge on any atom is -0.321 e. The molecule has 3 atom stereocenters. The summed E-state index contributed by atoms with van der Waals surface area (Å²) in [6, 6.07) is 5.46.